The fraction of sp³-hybridized carbons (Fsp3) is 0.267. The number of halogens is 2. The number of nitrogens with one attached hydrogen (secondary N) is 1. The number of carbonyl (C=O) groups excluding carboxylic acids is 1. The fourth-order valence-electron chi connectivity index (χ4n) is 2.72. The SMILES string of the molecule is [N-]=[N+]=NCCC1CNC(=O)c2cc(-c3cc(Cl)ccc3F)cn21. The van der Waals surface area contributed by atoms with E-state index >= 15 is 0 Å². The van der Waals surface area contributed by atoms with E-state index in [4.69, 9.17) is 17.1 Å². The molecule has 0 aliphatic carbocycles. The molecule has 1 aromatic heterocycles. The average molecular weight is 334 g/mol. The van der Waals surface area contributed by atoms with Crippen LogP contribution >= 0.6 is 11.6 Å². The molecule has 6 nitrogen and oxygen atoms in total. The Morgan fingerprint density at radius 3 is 3.09 bits per heavy atom. The molecule has 1 unspecified atom stereocenters. The molecule has 118 valence electrons. The van der Waals surface area contributed by atoms with Crippen molar-refractivity contribution in [2.45, 2.75) is 12.5 Å². The quantitative estimate of drug-likeness (QED) is 0.513. The summed E-state index contributed by atoms with van der Waals surface area (Å²) in [4.78, 5) is 14.8. The number of hydrogen-bond donors (Lipinski definition) is 1. The predicted octanol–water partition coefficient (Wildman–Crippen LogP) is 3.93. The van der Waals surface area contributed by atoms with Crippen LogP contribution in [0.25, 0.3) is 21.6 Å². The molecule has 1 N–H and O–H groups in total. The molecule has 2 heterocycles. The summed E-state index contributed by atoms with van der Waals surface area (Å²) in [6, 6.07) is 5.91. The molecular formula is C15H13ClFN5O. The highest BCUT2D eigenvalue weighted by atomic mass is 35.5. The number of amides is 1. The van der Waals surface area contributed by atoms with Gasteiger partial charge in [-0.05, 0) is 36.2 Å². The van der Waals surface area contributed by atoms with Gasteiger partial charge >= 0.3 is 0 Å². The number of benzene rings is 1. The van der Waals surface area contributed by atoms with Crippen LogP contribution in [0.3, 0.4) is 0 Å². The standard InChI is InChI=1S/C15H13ClFN5O/c16-10-1-2-13(17)12(6-10)9-5-14-15(23)19-7-11(22(14)8-9)3-4-20-21-18/h1-2,5-6,8,11H,3-4,7H2,(H,19,23). The summed E-state index contributed by atoms with van der Waals surface area (Å²) in [6.45, 7) is 0.772. The van der Waals surface area contributed by atoms with Crippen LogP contribution < -0.4 is 5.32 Å². The third kappa shape index (κ3) is 3.02. The van der Waals surface area contributed by atoms with E-state index in [0.717, 1.165) is 0 Å². The summed E-state index contributed by atoms with van der Waals surface area (Å²) in [5.41, 5.74) is 9.76. The van der Waals surface area contributed by atoms with Crippen molar-refractivity contribution < 1.29 is 9.18 Å². The number of hydrogen-bond acceptors (Lipinski definition) is 2. The molecule has 2 aromatic rings. The van der Waals surface area contributed by atoms with Gasteiger partial charge in [-0.25, -0.2) is 4.39 Å². The predicted molar refractivity (Wildman–Crippen MR) is 84.8 cm³/mol. The van der Waals surface area contributed by atoms with E-state index in [1.807, 2.05) is 0 Å². The number of aromatic nitrogens is 1. The van der Waals surface area contributed by atoms with Crippen molar-refractivity contribution >= 4 is 17.5 Å². The van der Waals surface area contributed by atoms with E-state index in [0.29, 0.717) is 41.4 Å². The van der Waals surface area contributed by atoms with Gasteiger partial charge in [-0.2, -0.15) is 0 Å². The zero-order valence-electron chi connectivity index (χ0n) is 12.0. The van der Waals surface area contributed by atoms with Gasteiger partial charge in [0.25, 0.3) is 5.91 Å². The molecule has 0 saturated carbocycles. The van der Waals surface area contributed by atoms with Gasteiger partial charge < -0.3 is 9.88 Å². The van der Waals surface area contributed by atoms with Crippen LogP contribution in [-0.4, -0.2) is 23.6 Å². The van der Waals surface area contributed by atoms with Crippen molar-refractivity contribution in [1.82, 2.24) is 9.88 Å². The number of carbonyl (C=O) groups is 1. The van der Waals surface area contributed by atoms with Gasteiger partial charge in [-0.1, -0.05) is 16.7 Å². The van der Waals surface area contributed by atoms with Crippen LogP contribution in [0.5, 0.6) is 0 Å². The minimum atomic E-state index is -0.400. The molecule has 0 saturated heterocycles. The maximum Gasteiger partial charge on any atom is 0.268 e. The first-order chi connectivity index (χ1) is 11.1. The highest BCUT2D eigenvalue weighted by molar-refractivity contribution is 6.30. The molecule has 0 spiro atoms. The van der Waals surface area contributed by atoms with Gasteiger partial charge in [0.2, 0.25) is 0 Å². The summed E-state index contributed by atoms with van der Waals surface area (Å²) in [5, 5.41) is 6.74. The van der Waals surface area contributed by atoms with E-state index in [9.17, 15) is 9.18 Å². The lowest BCUT2D eigenvalue weighted by Crippen LogP contribution is -2.38. The Bertz CT molecular complexity index is 812. The van der Waals surface area contributed by atoms with E-state index in [2.05, 4.69) is 15.3 Å². The molecule has 1 aliphatic heterocycles. The van der Waals surface area contributed by atoms with Gasteiger partial charge in [-0.15, -0.1) is 0 Å². The number of rotatable bonds is 4. The minimum absolute atomic E-state index is 0.0378. The van der Waals surface area contributed by atoms with Crippen LogP contribution in [0, 0.1) is 5.82 Å². The molecule has 0 radical (unpaired) electrons. The Morgan fingerprint density at radius 2 is 2.30 bits per heavy atom. The first-order valence-corrected chi connectivity index (χ1v) is 7.44. The molecular weight excluding hydrogens is 321 g/mol. The van der Waals surface area contributed by atoms with Crippen molar-refractivity contribution in [2.75, 3.05) is 13.1 Å². The summed E-state index contributed by atoms with van der Waals surface area (Å²) in [7, 11) is 0. The van der Waals surface area contributed by atoms with Gasteiger partial charge in [0.15, 0.2) is 0 Å². The van der Waals surface area contributed by atoms with Crippen LogP contribution in [0.2, 0.25) is 5.02 Å². The van der Waals surface area contributed by atoms with Crippen molar-refractivity contribution in [3.8, 4) is 11.1 Å². The van der Waals surface area contributed by atoms with Crippen molar-refractivity contribution in [3.63, 3.8) is 0 Å². The smallest absolute Gasteiger partial charge is 0.268 e. The molecule has 0 fully saturated rings. The number of fused-ring (bicyclic) bond motifs is 1. The van der Waals surface area contributed by atoms with E-state index in [1.54, 1.807) is 16.8 Å². The normalized spacial score (nSPS) is 16.4. The number of nitrogens with zero attached hydrogens (tertiary/aromatic N) is 4. The minimum Gasteiger partial charge on any atom is -0.349 e. The Kier molecular flexibility index (Phi) is 4.23. The highest BCUT2D eigenvalue weighted by Gasteiger charge is 2.26. The largest absolute Gasteiger partial charge is 0.349 e. The van der Waals surface area contributed by atoms with Gasteiger partial charge in [0, 0.05) is 40.3 Å². The molecule has 1 aliphatic rings. The van der Waals surface area contributed by atoms with Gasteiger partial charge in [0.05, 0.1) is 6.04 Å². The molecule has 1 aromatic carbocycles. The molecule has 1 amide bonds. The molecule has 3 rings (SSSR count). The third-order valence-corrected chi connectivity index (χ3v) is 4.07. The van der Waals surface area contributed by atoms with Gasteiger partial charge in [0.1, 0.15) is 11.5 Å². The van der Waals surface area contributed by atoms with Crippen LogP contribution in [0.1, 0.15) is 23.0 Å². The number of azide groups is 1. The second-order valence-electron chi connectivity index (χ2n) is 5.25. The van der Waals surface area contributed by atoms with E-state index in [1.165, 1.54) is 18.2 Å². The Labute approximate surface area is 136 Å². The van der Waals surface area contributed by atoms with Crippen molar-refractivity contribution in [1.29, 1.82) is 0 Å². The first-order valence-electron chi connectivity index (χ1n) is 7.06. The second-order valence-corrected chi connectivity index (χ2v) is 5.69. The second kappa shape index (κ2) is 6.32. The fourth-order valence-corrected chi connectivity index (χ4v) is 2.89. The molecule has 0 bridgehead atoms. The average Bonchev–Trinajstić information content (AvgIpc) is 2.98. The topological polar surface area (TPSA) is 82.8 Å². The maximum absolute atomic E-state index is 14.0. The van der Waals surface area contributed by atoms with Crippen LogP contribution in [0.4, 0.5) is 4.39 Å². The third-order valence-electron chi connectivity index (χ3n) is 3.84. The van der Waals surface area contributed by atoms with Crippen LogP contribution in [-0.2, 0) is 0 Å². The van der Waals surface area contributed by atoms with Crippen LogP contribution in [0.15, 0.2) is 35.6 Å². The summed E-state index contributed by atoms with van der Waals surface area (Å²) < 4.78 is 15.8. The first kappa shape index (κ1) is 15.4. The molecule has 8 heteroatoms. The Balaban J connectivity index is 2.00. The monoisotopic (exact) mass is 333 g/mol. The van der Waals surface area contributed by atoms with Crippen molar-refractivity contribution in [3.05, 3.63) is 57.4 Å². The van der Waals surface area contributed by atoms with E-state index in [-0.39, 0.29) is 11.9 Å². The zero-order valence-corrected chi connectivity index (χ0v) is 12.8. The molecule has 23 heavy (non-hydrogen) atoms. The Hall–Kier alpha value is -2.50. The lowest BCUT2D eigenvalue weighted by Gasteiger charge is -2.25. The molecule has 1 atom stereocenters. The summed E-state index contributed by atoms with van der Waals surface area (Å²) in [6.07, 6.45) is 2.33. The zero-order chi connectivity index (χ0) is 16.4. The lowest BCUT2D eigenvalue weighted by atomic mass is 10.1. The summed E-state index contributed by atoms with van der Waals surface area (Å²) >= 11 is 5.94. The summed E-state index contributed by atoms with van der Waals surface area (Å²) in [5.74, 6) is -0.609. The van der Waals surface area contributed by atoms with Crippen molar-refractivity contribution in [2.24, 2.45) is 5.11 Å². The van der Waals surface area contributed by atoms with Gasteiger partial charge in [-0.3, -0.25) is 4.79 Å². The van der Waals surface area contributed by atoms with E-state index < -0.39 is 5.82 Å². The Morgan fingerprint density at radius 1 is 1.48 bits per heavy atom. The lowest BCUT2D eigenvalue weighted by molar-refractivity contribution is 0.0913. The maximum atomic E-state index is 14.0. The highest BCUT2D eigenvalue weighted by Crippen LogP contribution is 2.31.